The third-order valence-corrected chi connectivity index (χ3v) is 10.3. The van der Waals surface area contributed by atoms with E-state index >= 15 is 0 Å². The van der Waals surface area contributed by atoms with E-state index in [2.05, 4.69) is 22.0 Å². The summed E-state index contributed by atoms with van der Waals surface area (Å²) in [5, 5.41) is 20.9. The molecule has 3 N–H and O–H groups in total. The van der Waals surface area contributed by atoms with Crippen LogP contribution in [0.15, 0.2) is 108 Å². The van der Waals surface area contributed by atoms with Crippen molar-refractivity contribution in [3.05, 3.63) is 130 Å². The number of hydrogen-bond acceptors (Lipinski definition) is 8. The van der Waals surface area contributed by atoms with E-state index in [0.717, 1.165) is 31.7 Å². The second-order valence-electron chi connectivity index (χ2n) is 13.2. The number of ether oxygens (including phenoxy) is 1. The van der Waals surface area contributed by atoms with Gasteiger partial charge in [-0.2, -0.15) is 5.26 Å². The van der Waals surface area contributed by atoms with E-state index in [9.17, 15) is 24.4 Å². The molecule has 0 radical (unpaired) electrons. The number of carbonyl (C=O) groups excluding carboxylic acids is 4. The zero-order chi connectivity index (χ0) is 37.5. The van der Waals surface area contributed by atoms with Crippen LogP contribution in [0.2, 0.25) is 0 Å². The minimum Gasteiger partial charge on any atom is -0.444 e. The van der Waals surface area contributed by atoms with Gasteiger partial charge in [0, 0.05) is 27.6 Å². The number of hydrogen-bond donors (Lipinski definition) is 3. The summed E-state index contributed by atoms with van der Waals surface area (Å²) in [5.41, 5.74) is 2.36. The van der Waals surface area contributed by atoms with Crippen LogP contribution < -0.4 is 16.0 Å². The van der Waals surface area contributed by atoms with Gasteiger partial charge in [-0.3, -0.25) is 14.4 Å². The maximum Gasteiger partial charge on any atom is 0.410 e. The van der Waals surface area contributed by atoms with Crippen LogP contribution in [0.5, 0.6) is 0 Å². The molecule has 0 saturated carbocycles. The van der Waals surface area contributed by atoms with Crippen LogP contribution in [0.25, 0.3) is 16.8 Å². The van der Waals surface area contributed by atoms with E-state index in [4.69, 9.17) is 4.74 Å². The summed E-state index contributed by atoms with van der Waals surface area (Å²) in [6, 6.07) is 31.5. The highest BCUT2D eigenvalue weighted by Gasteiger charge is 2.30. The molecular weight excluding hydrogens is 707 g/mol. The Morgan fingerprint density at radius 2 is 1.68 bits per heavy atom. The standard InChI is InChI=1S/C41H37N5O5S2/c1-41(2,3)51-40(50)46-20-19-32-33(23-42)39(53-35(32)24-46)45-36(47)25-52-30-17-10-16-29(22-30)43-38(49)34(44-37(48)27-12-5-4-6-13-27)21-28-15-9-14-26-11-7-8-18-31(26)28/h4-18,21-22H,19-20,24-25H2,1-3H3,(H,43,49)(H,44,48)(H,45,47)/b34-21+. The number of nitrogens with one attached hydrogen (secondary N) is 3. The molecule has 0 atom stereocenters. The molecule has 0 saturated heterocycles. The maximum absolute atomic E-state index is 13.7. The summed E-state index contributed by atoms with van der Waals surface area (Å²) in [5.74, 6) is -1.19. The van der Waals surface area contributed by atoms with Gasteiger partial charge in [-0.1, -0.05) is 66.7 Å². The molecule has 0 unspecified atom stereocenters. The van der Waals surface area contributed by atoms with E-state index in [0.29, 0.717) is 41.3 Å². The van der Waals surface area contributed by atoms with Gasteiger partial charge in [-0.15, -0.1) is 23.1 Å². The number of carbonyl (C=O) groups is 4. The maximum atomic E-state index is 13.7. The van der Waals surface area contributed by atoms with E-state index in [1.807, 2.05) is 75.4 Å². The number of thiophene rings is 1. The number of thioether (sulfide) groups is 1. The smallest absolute Gasteiger partial charge is 0.410 e. The van der Waals surface area contributed by atoms with Gasteiger partial charge in [0.25, 0.3) is 11.8 Å². The highest BCUT2D eigenvalue weighted by atomic mass is 32.2. The zero-order valence-electron chi connectivity index (χ0n) is 29.4. The Morgan fingerprint density at radius 1 is 0.943 bits per heavy atom. The van der Waals surface area contributed by atoms with Crippen molar-refractivity contribution in [1.29, 1.82) is 5.26 Å². The summed E-state index contributed by atoms with van der Waals surface area (Å²) in [6.07, 6.45) is 1.74. The van der Waals surface area contributed by atoms with Crippen molar-refractivity contribution in [3.63, 3.8) is 0 Å². The van der Waals surface area contributed by atoms with Crippen LogP contribution in [0.4, 0.5) is 15.5 Å². The van der Waals surface area contributed by atoms with Gasteiger partial charge in [-0.05, 0) is 85.5 Å². The van der Waals surface area contributed by atoms with Crippen LogP contribution in [0.1, 0.15) is 52.7 Å². The van der Waals surface area contributed by atoms with Crippen molar-refractivity contribution < 1.29 is 23.9 Å². The van der Waals surface area contributed by atoms with Crippen molar-refractivity contribution >= 4 is 74.5 Å². The normalized spacial score (nSPS) is 12.7. The van der Waals surface area contributed by atoms with Crippen molar-refractivity contribution in [1.82, 2.24) is 10.2 Å². The lowest BCUT2D eigenvalue weighted by Gasteiger charge is -2.29. The topological polar surface area (TPSA) is 141 Å². The minimum absolute atomic E-state index is 0.0498. The Bertz CT molecular complexity index is 2260. The molecule has 12 heteroatoms. The summed E-state index contributed by atoms with van der Waals surface area (Å²) in [6.45, 7) is 6.17. The number of amides is 4. The Hall–Kier alpha value is -5.90. The average molecular weight is 744 g/mol. The summed E-state index contributed by atoms with van der Waals surface area (Å²) >= 11 is 2.57. The minimum atomic E-state index is -0.620. The summed E-state index contributed by atoms with van der Waals surface area (Å²) in [7, 11) is 0. The molecule has 1 aliphatic rings. The molecule has 6 rings (SSSR count). The number of fused-ring (bicyclic) bond motifs is 2. The van der Waals surface area contributed by atoms with Gasteiger partial charge < -0.3 is 25.6 Å². The molecule has 0 fully saturated rings. The Morgan fingerprint density at radius 3 is 2.45 bits per heavy atom. The predicted molar refractivity (Wildman–Crippen MR) is 210 cm³/mol. The zero-order valence-corrected chi connectivity index (χ0v) is 31.0. The van der Waals surface area contributed by atoms with Crippen LogP contribution >= 0.6 is 23.1 Å². The van der Waals surface area contributed by atoms with Gasteiger partial charge in [0.05, 0.1) is 17.9 Å². The fourth-order valence-corrected chi connectivity index (χ4v) is 7.72. The van der Waals surface area contributed by atoms with Crippen LogP contribution in [-0.4, -0.2) is 46.6 Å². The van der Waals surface area contributed by atoms with Gasteiger partial charge in [0.2, 0.25) is 5.91 Å². The highest BCUT2D eigenvalue weighted by Crippen LogP contribution is 2.37. The van der Waals surface area contributed by atoms with Gasteiger partial charge in [0.1, 0.15) is 22.4 Å². The molecule has 4 amide bonds. The number of rotatable bonds is 9. The molecular formula is C41H37N5O5S2. The lowest BCUT2D eigenvalue weighted by atomic mass is 10.0. The van der Waals surface area contributed by atoms with Crippen LogP contribution in [-0.2, 0) is 27.3 Å². The van der Waals surface area contributed by atoms with Gasteiger partial charge in [-0.25, -0.2) is 4.79 Å². The largest absolute Gasteiger partial charge is 0.444 e. The first-order chi connectivity index (χ1) is 25.5. The van der Waals surface area contributed by atoms with Crippen molar-refractivity contribution in [2.75, 3.05) is 22.9 Å². The first-order valence-corrected chi connectivity index (χ1v) is 18.7. The van der Waals surface area contributed by atoms with E-state index in [1.54, 1.807) is 53.4 Å². The molecule has 2 heterocycles. The average Bonchev–Trinajstić information content (AvgIpc) is 3.49. The third-order valence-electron chi connectivity index (χ3n) is 8.19. The number of nitriles is 1. The first kappa shape index (κ1) is 36.9. The quantitative estimate of drug-likeness (QED) is 0.102. The number of nitrogens with zero attached hydrogens (tertiary/aromatic N) is 2. The Balaban J connectivity index is 1.13. The second kappa shape index (κ2) is 16.2. The molecule has 0 spiro atoms. The summed E-state index contributed by atoms with van der Waals surface area (Å²) in [4.78, 5) is 55.8. The highest BCUT2D eigenvalue weighted by molar-refractivity contribution is 8.00. The number of anilines is 2. The van der Waals surface area contributed by atoms with Gasteiger partial charge in [0.15, 0.2) is 0 Å². The van der Waals surface area contributed by atoms with E-state index in [-0.39, 0.29) is 17.4 Å². The first-order valence-electron chi connectivity index (χ1n) is 16.9. The van der Waals surface area contributed by atoms with Crippen molar-refractivity contribution in [3.8, 4) is 6.07 Å². The molecule has 53 heavy (non-hydrogen) atoms. The molecule has 0 aliphatic carbocycles. The van der Waals surface area contributed by atoms with Crippen molar-refractivity contribution in [2.45, 2.75) is 44.2 Å². The SMILES string of the molecule is CC(C)(C)OC(=O)N1CCc2c(sc(NC(=O)CSc3cccc(NC(=O)/C(=C\c4cccc5ccccc45)NC(=O)c4ccccc4)c3)c2C#N)C1. The van der Waals surface area contributed by atoms with Gasteiger partial charge >= 0.3 is 6.09 Å². The lowest BCUT2D eigenvalue weighted by Crippen LogP contribution is -2.39. The van der Waals surface area contributed by atoms with E-state index < -0.39 is 23.5 Å². The summed E-state index contributed by atoms with van der Waals surface area (Å²) < 4.78 is 5.52. The molecule has 5 aromatic rings. The molecule has 1 aliphatic heterocycles. The number of benzene rings is 4. The molecule has 268 valence electrons. The van der Waals surface area contributed by atoms with E-state index in [1.165, 1.54) is 23.1 Å². The third kappa shape index (κ3) is 9.32. The van der Waals surface area contributed by atoms with Crippen LogP contribution in [0.3, 0.4) is 0 Å². The fourth-order valence-electron chi connectivity index (χ4n) is 5.74. The molecule has 0 bridgehead atoms. The fraction of sp³-hybridized carbons (Fsp3) is 0.195. The molecule has 1 aromatic heterocycles. The molecule has 10 nitrogen and oxygen atoms in total. The molecule has 4 aromatic carbocycles. The Labute approximate surface area is 315 Å². The van der Waals surface area contributed by atoms with Crippen LogP contribution in [0, 0.1) is 11.3 Å². The second-order valence-corrected chi connectivity index (χ2v) is 15.4. The lowest BCUT2D eigenvalue weighted by molar-refractivity contribution is -0.114. The van der Waals surface area contributed by atoms with Crippen molar-refractivity contribution in [2.24, 2.45) is 0 Å². The Kier molecular flexibility index (Phi) is 11.3. The monoisotopic (exact) mass is 743 g/mol. The predicted octanol–water partition coefficient (Wildman–Crippen LogP) is 8.21.